The molecule has 0 radical (unpaired) electrons. The van der Waals surface area contributed by atoms with E-state index < -0.39 is 6.10 Å². The molecule has 4 heteroatoms. The number of aliphatic hydroxyl groups excluding tert-OH is 2. The van der Waals surface area contributed by atoms with Crippen molar-refractivity contribution < 1.29 is 20.1 Å². The van der Waals surface area contributed by atoms with Crippen LogP contribution in [0.1, 0.15) is 36.1 Å². The molecule has 0 spiro atoms. The lowest BCUT2D eigenvalue weighted by atomic mass is 10.1. The monoisotopic (exact) mass is 408 g/mol. The van der Waals surface area contributed by atoms with Gasteiger partial charge in [-0.05, 0) is 49.6 Å². The van der Waals surface area contributed by atoms with Crippen LogP contribution < -0.4 is 4.74 Å². The average molecular weight is 409 g/mol. The molecule has 3 rings (SSSR count). The van der Waals surface area contributed by atoms with E-state index in [9.17, 15) is 10.2 Å². The van der Waals surface area contributed by atoms with Gasteiger partial charge >= 0.3 is 0 Å². The molecule has 0 bridgehead atoms. The molecule has 3 aromatic carbocycles. The van der Waals surface area contributed by atoms with Crippen LogP contribution in [0.25, 0.3) is 0 Å². The first kappa shape index (κ1) is 23.5. The summed E-state index contributed by atoms with van der Waals surface area (Å²) in [5.41, 5.74) is 4.10. The van der Waals surface area contributed by atoms with Crippen molar-refractivity contribution in [3.8, 4) is 11.5 Å². The van der Waals surface area contributed by atoms with Gasteiger partial charge in [-0.2, -0.15) is 0 Å². The summed E-state index contributed by atoms with van der Waals surface area (Å²) in [5.74, 6) is 1.11. The second kappa shape index (κ2) is 12.0. The van der Waals surface area contributed by atoms with E-state index in [-0.39, 0.29) is 11.9 Å². The predicted octanol–water partition coefficient (Wildman–Crippen LogP) is 4.81. The zero-order valence-corrected chi connectivity index (χ0v) is 18.0. The van der Waals surface area contributed by atoms with E-state index in [2.05, 4.69) is 0 Å². The van der Waals surface area contributed by atoms with E-state index in [1.54, 1.807) is 19.9 Å². The van der Waals surface area contributed by atoms with Gasteiger partial charge in [0.1, 0.15) is 18.1 Å². The summed E-state index contributed by atoms with van der Waals surface area (Å²) < 4.78 is 5.81. The molecule has 3 N–H and O–H groups in total. The van der Waals surface area contributed by atoms with Gasteiger partial charge < -0.3 is 20.1 Å². The fourth-order valence-corrected chi connectivity index (χ4v) is 3.06. The molecule has 30 heavy (non-hydrogen) atoms. The van der Waals surface area contributed by atoms with Gasteiger partial charge in [-0.1, -0.05) is 66.2 Å². The first-order chi connectivity index (χ1) is 14.3. The number of benzene rings is 3. The van der Waals surface area contributed by atoms with Crippen molar-refractivity contribution in [2.75, 3.05) is 0 Å². The van der Waals surface area contributed by atoms with Crippen LogP contribution in [0.5, 0.6) is 11.5 Å². The number of hydrogen-bond acceptors (Lipinski definition) is 4. The highest BCUT2D eigenvalue weighted by Crippen LogP contribution is 2.21. The SMILES string of the molecule is C[C@H](O)Cc1ccccc1OCc1ccccc1.Cc1ccc(O)c(C[C@H](C)O)c1. The molecule has 0 aliphatic rings. The fraction of sp³-hybridized carbons (Fsp3) is 0.308. The van der Waals surface area contributed by atoms with Crippen LogP contribution >= 0.6 is 0 Å². The minimum absolute atomic E-state index is 0.265. The van der Waals surface area contributed by atoms with Crippen molar-refractivity contribution in [3.63, 3.8) is 0 Å². The van der Waals surface area contributed by atoms with Crippen molar-refractivity contribution >= 4 is 0 Å². The maximum absolute atomic E-state index is 9.46. The van der Waals surface area contributed by atoms with Crippen LogP contribution in [-0.2, 0) is 19.4 Å². The third kappa shape index (κ3) is 8.27. The lowest BCUT2D eigenvalue weighted by Crippen LogP contribution is -2.06. The van der Waals surface area contributed by atoms with Crippen molar-refractivity contribution in [3.05, 3.63) is 95.1 Å². The average Bonchev–Trinajstić information content (AvgIpc) is 2.71. The zero-order valence-electron chi connectivity index (χ0n) is 18.0. The van der Waals surface area contributed by atoms with Crippen LogP contribution in [-0.4, -0.2) is 27.5 Å². The summed E-state index contributed by atoms with van der Waals surface area (Å²) in [5, 5.41) is 27.9. The van der Waals surface area contributed by atoms with E-state index in [1.807, 2.05) is 73.7 Å². The Morgan fingerprint density at radius 2 is 1.37 bits per heavy atom. The molecular weight excluding hydrogens is 376 g/mol. The molecule has 160 valence electrons. The number of hydrogen-bond donors (Lipinski definition) is 3. The smallest absolute Gasteiger partial charge is 0.123 e. The van der Waals surface area contributed by atoms with Gasteiger partial charge in [0.2, 0.25) is 0 Å². The summed E-state index contributed by atoms with van der Waals surface area (Å²) in [7, 11) is 0. The van der Waals surface area contributed by atoms with Crippen LogP contribution in [0.4, 0.5) is 0 Å². The van der Waals surface area contributed by atoms with Crippen molar-refractivity contribution in [2.45, 2.75) is 52.4 Å². The molecule has 0 aromatic heterocycles. The van der Waals surface area contributed by atoms with Crippen molar-refractivity contribution in [1.29, 1.82) is 0 Å². The first-order valence-electron chi connectivity index (χ1n) is 10.2. The molecule has 0 aliphatic carbocycles. The molecule has 0 fully saturated rings. The van der Waals surface area contributed by atoms with Crippen molar-refractivity contribution in [1.82, 2.24) is 0 Å². The molecule has 0 aliphatic heterocycles. The summed E-state index contributed by atoms with van der Waals surface area (Å²) in [6.07, 6.45) is 0.363. The maximum atomic E-state index is 9.46. The fourth-order valence-electron chi connectivity index (χ4n) is 3.06. The molecule has 0 heterocycles. The molecule has 0 unspecified atom stereocenters. The summed E-state index contributed by atoms with van der Waals surface area (Å²) in [4.78, 5) is 0. The Labute approximate surface area is 179 Å². The largest absolute Gasteiger partial charge is 0.508 e. The Hall–Kier alpha value is -2.82. The normalized spacial score (nSPS) is 12.4. The number of aryl methyl sites for hydroxylation is 1. The molecule has 2 atom stereocenters. The molecule has 0 amide bonds. The maximum Gasteiger partial charge on any atom is 0.123 e. The number of phenols is 1. The number of aliphatic hydroxyl groups is 2. The van der Waals surface area contributed by atoms with E-state index in [0.29, 0.717) is 19.4 Å². The summed E-state index contributed by atoms with van der Waals surface area (Å²) >= 11 is 0. The van der Waals surface area contributed by atoms with Gasteiger partial charge in [0.15, 0.2) is 0 Å². The highest BCUT2D eigenvalue weighted by molar-refractivity contribution is 5.36. The Bertz CT molecular complexity index is 889. The zero-order chi connectivity index (χ0) is 21.9. The highest BCUT2D eigenvalue weighted by Gasteiger charge is 2.06. The van der Waals surface area contributed by atoms with Crippen LogP contribution in [0.2, 0.25) is 0 Å². The number of ether oxygens (including phenoxy) is 1. The minimum Gasteiger partial charge on any atom is -0.508 e. The lowest BCUT2D eigenvalue weighted by molar-refractivity contribution is 0.193. The predicted molar refractivity (Wildman–Crippen MR) is 121 cm³/mol. The Balaban J connectivity index is 0.000000232. The highest BCUT2D eigenvalue weighted by atomic mass is 16.5. The quantitative estimate of drug-likeness (QED) is 0.525. The van der Waals surface area contributed by atoms with Crippen LogP contribution in [0.15, 0.2) is 72.8 Å². The molecule has 3 aromatic rings. The Morgan fingerprint density at radius 3 is 2.03 bits per heavy atom. The third-order valence-corrected chi connectivity index (χ3v) is 4.48. The van der Waals surface area contributed by atoms with Crippen LogP contribution in [0, 0.1) is 6.92 Å². The molecule has 0 saturated carbocycles. The van der Waals surface area contributed by atoms with E-state index in [4.69, 9.17) is 9.84 Å². The summed E-state index contributed by atoms with van der Waals surface area (Å²) in [6, 6.07) is 23.3. The lowest BCUT2D eigenvalue weighted by Gasteiger charge is -2.12. The topological polar surface area (TPSA) is 69.9 Å². The van der Waals surface area contributed by atoms with Gasteiger partial charge in [0.25, 0.3) is 0 Å². The minimum atomic E-state index is -0.405. The Morgan fingerprint density at radius 1 is 0.767 bits per heavy atom. The van der Waals surface area contributed by atoms with Gasteiger partial charge in [0, 0.05) is 12.8 Å². The Kier molecular flexibility index (Phi) is 9.39. The van der Waals surface area contributed by atoms with Gasteiger partial charge in [-0.25, -0.2) is 0 Å². The number of phenolic OH excluding ortho intramolecular Hbond substituents is 1. The molecule has 4 nitrogen and oxygen atoms in total. The van der Waals surface area contributed by atoms with Gasteiger partial charge in [-0.15, -0.1) is 0 Å². The number of para-hydroxylation sites is 1. The number of aromatic hydroxyl groups is 1. The van der Waals surface area contributed by atoms with E-state index in [0.717, 1.165) is 28.0 Å². The molecular formula is C26H32O4. The summed E-state index contributed by atoms with van der Waals surface area (Å²) in [6.45, 7) is 6.01. The second-order valence-electron chi connectivity index (χ2n) is 7.62. The van der Waals surface area contributed by atoms with Gasteiger partial charge in [-0.3, -0.25) is 0 Å². The second-order valence-corrected chi connectivity index (χ2v) is 7.62. The first-order valence-corrected chi connectivity index (χ1v) is 10.2. The van der Waals surface area contributed by atoms with E-state index >= 15 is 0 Å². The number of rotatable bonds is 7. The van der Waals surface area contributed by atoms with Crippen LogP contribution in [0.3, 0.4) is 0 Å². The standard InChI is InChI=1S/C16H18O2.C10H14O2/c1-13(17)11-15-9-5-6-10-16(15)18-12-14-7-3-2-4-8-14;1-7-3-4-10(12)9(5-7)6-8(2)11/h2-10,13,17H,11-12H2,1H3;3-5,8,11-12H,6H2,1-2H3/t13-;8-/m00/s1. The van der Waals surface area contributed by atoms with Gasteiger partial charge in [0.05, 0.1) is 12.2 Å². The third-order valence-electron chi connectivity index (χ3n) is 4.48. The van der Waals surface area contributed by atoms with Crippen molar-refractivity contribution in [2.24, 2.45) is 0 Å². The van der Waals surface area contributed by atoms with E-state index in [1.165, 1.54) is 0 Å². The molecule has 0 saturated heterocycles.